The zero-order chi connectivity index (χ0) is 41.9. The van der Waals surface area contributed by atoms with Gasteiger partial charge in [0.15, 0.2) is 0 Å². The highest BCUT2D eigenvalue weighted by Gasteiger charge is 2.21. The molecule has 0 bridgehead atoms. The van der Waals surface area contributed by atoms with Gasteiger partial charge in [-0.1, -0.05) is 146 Å². The van der Waals surface area contributed by atoms with Gasteiger partial charge in [0.2, 0.25) is 0 Å². The monoisotopic (exact) mass is 816 g/mol. The molecule has 1 unspecified atom stereocenters. The number of aromatic nitrogens is 4. The molecule has 4 nitrogen and oxygen atoms in total. The van der Waals surface area contributed by atoms with Crippen molar-refractivity contribution in [3.8, 4) is 17.1 Å². The number of benzene rings is 9. The lowest BCUT2D eigenvalue weighted by atomic mass is 9.91. The first-order chi connectivity index (χ1) is 31.8. The summed E-state index contributed by atoms with van der Waals surface area (Å²) in [5.41, 5.74) is 15.7. The van der Waals surface area contributed by atoms with E-state index in [1.165, 1.54) is 104 Å². The third-order valence-corrected chi connectivity index (χ3v) is 13.9. The van der Waals surface area contributed by atoms with Crippen LogP contribution >= 0.6 is 0 Å². The largest absolute Gasteiger partial charge is 0.310 e. The summed E-state index contributed by atoms with van der Waals surface area (Å²) in [6.07, 6.45) is 8.09. The van der Waals surface area contributed by atoms with Crippen molar-refractivity contribution in [2.24, 2.45) is 0 Å². The molecule has 0 N–H and O–H groups in total. The van der Waals surface area contributed by atoms with Crippen LogP contribution in [0.25, 0.3) is 110 Å². The molecule has 0 amide bonds. The van der Waals surface area contributed by atoms with Crippen LogP contribution in [0.1, 0.15) is 17.9 Å². The van der Waals surface area contributed by atoms with Crippen LogP contribution in [-0.2, 0) is 0 Å². The predicted octanol–water partition coefficient (Wildman–Crippen LogP) is 15.7. The Bertz CT molecular complexity index is 4000. The summed E-state index contributed by atoms with van der Waals surface area (Å²) in [6, 6.07) is 75.9. The molecule has 0 saturated carbocycles. The number of fused-ring (bicyclic) bond motifs is 12. The number of para-hydroxylation sites is 6. The molecule has 64 heavy (non-hydrogen) atoms. The van der Waals surface area contributed by atoms with Crippen molar-refractivity contribution < 1.29 is 0 Å². The molecule has 13 aromatic rings. The molecular formula is C60H40N4. The second kappa shape index (κ2) is 13.6. The van der Waals surface area contributed by atoms with Crippen molar-refractivity contribution in [3.05, 3.63) is 230 Å². The minimum Gasteiger partial charge on any atom is -0.310 e. The Labute approximate surface area is 369 Å². The highest BCUT2D eigenvalue weighted by molar-refractivity contribution is 6.14. The fourth-order valence-electron chi connectivity index (χ4n) is 11.0. The van der Waals surface area contributed by atoms with Crippen molar-refractivity contribution in [2.45, 2.75) is 12.3 Å². The van der Waals surface area contributed by atoms with Crippen LogP contribution < -0.4 is 0 Å². The number of rotatable bonds is 5. The molecule has 0 fully saturated rings. The summed E-state index contributed by atoms with van der Waals surface area (Å²) in [5.74, 6) is 0.277. The molecule has 14 rings (SSSR count). The van der Waals surface area contributed by atoms with Gasteiger partial charge in [0.1, 0.15) is 0 Å². The second-order valence-corrected chi connectivity index (χ2v) is 17.3. The lowest BCUT2D eigenvalue weighted by Crippen LogP contribution is -2.04. The van der Waals surface area contributed by atoms with Gasteiger partial charge in [-0.25, -0.2) is 0 Å². The molecule has 0 spiro atoms. The van der Waals surface area contributed by atoms with E-state index in [0.717, 1.165) is 17.8 Å². The molecule has 0 radical (unpaired) electrons. The first kappa shape index (κ1) is 35.3. The molecule has 0 saturated heterocycles. The van der Waals surface area contributed by atoms with Crippen LogP contribution in [0, 0.1) is 0 Å². The third-order valence-electron chi connectivity index (χ3n) is 13.9. The topological polar surface area (TPSA) is 19.7 Å². The lowest BCUT2D eigenvalue weighted by Gasteiger charge is -2.19. The first-order valence-corrected chi connectivity index (χ1v) is 22.3. The summed E-state index contributed by atoms with van der Waals surface area (Å²) in [4.78, 5) is 0. The van der Waals surface area contributed by atoms with Gasteiger partial charge in [0, 0.05) is 71.8 Å². The van der Waals surface area contributed by atoms with E-state index >= 15 is 0 Å². The zero-order valence-electron chi connectivity index (χ0n) is 34.9. The first-order valence-electron chi connectivity index (χ1n) is 22.3. The van der Waals surface area contributed by atoms with Crippen LogP contribution in [0.2, 0.25) is 0 Å². The summed E-state index contributed by atoms with van der Waals surface area (Å²) >= 11 is 0. The Kier molecular flexibility index (Phi) is 7.48. The van der Waals surface area contributed by atoms with Crippen molar-refractivity contribution in [3.63, 3.8) is 0 Å². The minimum atomic E-state index is 0.277. The van der Waals surface area contributed by atoms with Gasteiger partial charge in [0.05, 0.1) is 44.1 Å². The van der Waals surface area contributed by atoms with E-state index in [0.29, 0.717) is 0 Å². The normalized spacial score (nSPS) is 14.4. The Morgan fingerprint density at radius 3 is 1.02 bits per heavy atom. The van der Waals surface area contributed by atoms with E-state index < -0.39 is 0 Å². The summed E-state index contributed by atoms with van der Waals surface area (Å²) in [7, 11) is 0. The standard InChI is InChI=1S/C60H40N4/c1-9-21-55-45(13-1)46-14-2-10-22-56(46)63(55)43-33-35-51-49-17-5-7-19-53(49)61(59(51)37-43)41-29-25-39(26-30-41)40-27-31-42(32-28-40)62-54-20-8-6-18-50(54)52-36-34-44(38-60(52)62)64-57-23-11-3-15-47(57)48-16-4-12-24-58(48)64/h1-27,29-38,40H,28H2. The molecule has 300 valence electrons. The van der Waals surface area contributed by atoms with E-state index in [1.807, 2.05) is 0 Å². The van der Waals surface area contributed by atoms with Gasteiger partial charge in [-0.2, -0.15) is 0 Å². The fourth-order valence-corrected chi connectivity index (χ4v) is 11.0. The average Bonchev–Trinajstić information content (AvgIpc) is 4.09. The van der Waals surface area contributed by atoms with Crippen molar-refractivity contribution >= 4 is 92.9 Å². The van der Waals surface area contributed by atoms with E-state index in [1.54, 1.807) is 0 Å². The average molecular weight is 817 g/mol. The van der Waals surface area contributed by atoms with Gasteiger partial charge in [-0.15, -0.1) is 0 Å². The summed E-state index contributed by atoms with van der Waals surface area (Å²) in [5, 5.41) is 10.1. The SMILES string of the molecule is C1=CC(c2ccc(-n3c4ccccc4c4ccc(-n5c6ccccc6c6ccccc65)cc43)cc2)CC=C1n1c2ccccc2c2ccc(-n3c4ccccc4c4ccccc43)cc21. The molecule has 4 aromatic heterocycles. The predicted molar refractivity (Wildman–Crippen MR) is 270 cm³/mol. The van der Waals surface area contributed by atoms with Crippen LogP contribution in [0.5, 0.6) is 0 Å². The van der Waals surface area contributed by atoms with Crippen molar-refractivity contribution in [2.75, 3.05) is 0 Å². The van der Waals surface area contributed by atoms with Gasteiger partial charge >= 0.3 is 0 Å². The summed E-state index contributed by atoms with van der Waals surface area (Å²) < 4.78 is 9.74. The van der Waals surface area contributed by atoms with Crippen LogP contribution in [0.4, 0.5) is 0 Å². The molecule has 1 aliphatic rings. The number of nitrogens with zero attached hydrogens (tertiary/aromatic N) is 4. The minimum absolute atomic E-state index is 0.277. The van der Waals surface area contributed by atoms with Gasteiger partial charge in [-0.3, -0.25) is 0 Å². The highest BCUT2D eigenvalue weighted by atomic mass is 15.0. The second-order valence-electron chi connectivity index (χ2n) is 17.3. The molecule has 0 aliphatic heterocycles. The molecule has 1 aliphatic carbocycles. The molecule has 1 atom stereocenters. The zero-order valence-corrected chi connectivity index (χ0v) is 34.9. The number of allylic oxidation sites excluding steroid dienone is 4. The van der Waals surface area contributed by atoms with Crippen LogP contribution in [0.3, 0.4) is 0 Å². The Balaban J connectivity index is 0.833. The number of hydrogen-bond acceptors (Lipinski definition) is 0. The Morgan fingerprint density at radius 2 is 0.625 bits per heavy atom. The highest BCUT2D eigenvalue weighted by Crippen LogP contribution is 2.40. The van der Waals surface area contributed by atoms with Crippen molar-refractivity contribution in [1.82, 2.24) is 18.3 Å². The lowest BCUT2D eigenvalue weighted by molar-refractivity contribution is 0.849. The van der Waals surface area contributed by atoms with E-state index in [2.05, 4.69) is 243 Å². The van der Waals surface area contributed by atoms with E-state index in [4.69, 9.17) is 0 Å². The van der Waals surface area contributed by atoms with E-state index in [9.17, 15) is 0 Å². The van der Waals surface area contributed by atoms with Gasteiger partial charge in [0.25, 0.3) is 0 Å². The summed E-state index contributed by atoms with van der Waals surface area (Å²) in [6.45, 7) is 0. The fraction of sp³-hybridized carbons (Fsp3) is 0.0333. The number of hydrogen-bond donors (Lipinski definition) is 0. The van der Waals surface area contributed by atoms with Gasteiger partial charge < -0.3 is 18.3 Å². The maximum absolute atomic E-state index is 2.47. The third kappa shape index (κ3) is 5.05. The molecule has 4 heteroatoms. The van der Waals surface area contributed by atoms with Crippen LogP contribution in [-0.4, -0.2) is 18.3 Å². The molecule has 9 aromatic carbocycles. The quantitative estimate of drug-likeness (QED) is 0.165. The Hall–Kier alpha value is -8.34. The van der Waals surface area contributed by atoms with Crippen LogP contribution in [0.15, 0.2) is 224 Å². The van der Waals surface area contributed by atoms with Gasteiger partial charge in [-0.05, 0) is 90.9 Å². The maximum Gasteiger partial charge on any atom is 0.0561 e. The molecular weight excluding hydrogens is 777 g/mol. The van der Waals surface area contributed by atoms with Crippen molar-refractivity contribution in [1.29, 1.82) is 0 Å². The Morgan fingerprint density at radius 1 is 0.297 bits per heavy atom. The molecule has 4 heterocycles. The maximum atomic E-state index is 2.47. The smallest absolute Gasteiger partial charge is 0.0561 e. The van der Waals surface area contributed by atoms with E-state index in [-0.39, 0.29) is 5.92 Å².